The predicted molar refractivity (Wildman–Crippen MR) is 116 cm³/mol. The predicted octanol–water partition coefficient (Wildman–Crippen LogP) is 5.01. The normalized spacial score (nSPS) is 14.6. The first-order valence-corrected chi connectivity index (χ1v) is 11.0. The molecule has 0 saturated carbocycles. The van der Waals surface area contributed by atoms with Gasteiger partial charge in [0.05, 0.1) is 6.26 Å². The molecule has 1 N–H and O–H groups in total. The summed E-state index contributed by atoms with van der Waals surface area (Å²) in [7, 11) is 0. The number of carbonyl (C=O) groups is 2. The quantitative estimate of drug-likeness (QED) is 0.447. The number of thioether (sulfide) groups is 1. The van der Waals surface area contributed by atoms with Crippen molar-refractivity contribution in [2.75, 3.05) is 13.1 Å². The van der Waals surface area contributed by atoms with E-state index in [9.17, 15) is 14.7 Å². The number of rotatable bonds is 6. The van der Waals surface area contributed by atoms with Gasteiger partial charge in [0.1, 0.15) is 5.75 Å². The van der Waals surface area contributed by atoms with E-state index >= 15 is 0 Å². The lowest BCUT2D eigenvalue weighted by atomic mass is 9.88. The molecule has 30 heavy (non-hydrogen) atoms. The van der Waals surface area contributed by atoms with Gasteiger partial charge in [-0.15, -0.1) is 11.8 Å². The Kier molecular flexibility index (Phi) is 6.23. The molecule has 0 bridgehead atoms. The molecule has 1 fully saturated rings. The lowest BCUT2D eigenvalue weighted by Crippen LogP contribution is -2.40. The third-order valence-electron chi connectivity index (χ3n) is 5.38. The second kappa shape index (κ2) is 9.22. The molecule has 1 saturated heterocycles. The number of Topliss-reactive ketones (excluding diaryl/α,β-unsaturated/α-hetero) is 1. The number of hydrogen-bond acceptors (Lipinski definition) is 5. The van der Waals surface area contributed by atoms with E-state index in [4.69, 9.17) is 4.42 Å². The number of nitrogens with zero attached hydrogens (tertiary/aromatic N) is 1. The highest BCUT2D eigenvalue weighted by atomic mass is 32.2. The van der Waals surface area contributed by atoms with Crippen molar-refractivity contribution in [2.24, 2.45) is 5.92 Å². The molecule has 0 unspecified atom stereocenters. The minimum atomic E-state index is -0.112. The van der Waals surface area contributed by atoms with Crippen LogP contribution in [0.15, 0.2) is 76.2 Å². The van der Waals surface area contributed by atoms with Crippen LogP contribution >= 0.6 is 11.8 Å². The van der Waals surface area contributed by atoms with E-state index in [1.165, 1.54) is 12.1 Å². The van der Waals surface area contributed by atoms with Gasteiger partial charge in [-0.05, 0) is 55.3 Å². The molecule has 3 aromatic rings. The molecular weight excluding hydrogens is 398 g/mol. The molecule has 154 valence electrons. The van der Waals surface area contributed by atoms with Crippen molar-refractivity contribution in [1.82, 2.24) is 4.90 Å². The Hall–Kier alpha value is -2.99. The van der Waals surface area contributed by atoms with Gasteiger partial charge in [0.25, 0.3) is 5.91 Å². The van der Waals surface area contributed by atoms with Gasteiger partial charge >= 0.3 is 0 Å². The van der Waals surface area contributed by atoms with Gasteiger partial charge in [0, 0.05) is 40.8 Å². The summed E-state index contributed by atoms with van der Waals surface area (Å²) in [6.45, 7) is 1.05. The van der Waals surface area contributed by atoms with E-state index in [1.54, 1.807) is 35.1 Å². The molecule has 1 aliphatic heterocycles. The lowest BCUT2D eigenvalue weighted by Gasteiger charge is -2.31. The first-order valence-electron chi connectivity index (χ1n) is 9.98. The summed E-state index contributed by atoms with van der Waals surface area (Å²) in [5.41, 5.74) is 1.49. The highest BCUT2D eigenvalue weighted by Crippen LogP contribution is 2.28. The van der Waals surface area contributed by atoms with Crippen molar-refractivity contribution in [3.05, 3.63) is 83.8 Å². The van der Waals surface area contributed by atoms with Crippen LogP contribution in [0.2, 0.25) is 0 Å². The Morgan fingerprint density at radius 1 is 1.00 bits per heavy atom. The topological polar surface area (TPSA) is 70.8 Å². The highest BCUT2D eigenvalue weighted by Gasteiger charge is 2.30. The lowest BCUT2D eigenvalue weighted by molar-refractivity contribution is 0.0623. The maximum atomic E-state index is 13.0. The van der Waals surface area contributed by atoms with Gasteiger partial charge < -0.3 is 14.4 Å². The number of likely N-dealkylation sites (tertiary alicyclic amines) is 1. The van der Waals surface area contributed by atoms with Crippen molar-refractivity contribution in [1.29, 1.82) is 0 Å². The largest absolute Gasteiger partial charge is 0.508 e. The fourth-order valence-corrected chi connectivity index (χ4v) is 4.56. The SMILES string of the molecule is O=C(c1ccc(O)cc1)C1CCN(C(=O)c2occc2CSc2ccccc2)CC1. The molecule has 0 radical (unpaired) electrons. The van der Waals surface area contributed by atoms with Crippen LogP contribution in [0.25, 0.3) is 0 Å². The molecule has 1 aromatic heterocycles. The third kappa shape index (κ3) is 4.60. The second-order valence-corrected chi connectivity index (χ2v) is 8.40. The summed E-state index contributed by atoms with van der Waals surface area (Å²) < 4.78 is 5.53. The zero-order valence-corrected chi connectivity index (χ0v) is 17.3. The smallest absolute Gasteiger partial charge is 0.289 e. The number of phenolic OH excluding ortho intramolecular Hbond substituents is 1. The zero-order chi connectivity index (χ0) is 20.9. The highest BCUT2D eigenvalue weighted by molar-refractivity contribution is 7.98. The molecule has 4 rings (SSSR count). The second-order valence-electron chi connectivity index (χ2n) is 7.35. The van der Waals surface area contributed by atoms with Crippen LogP contribution < -0.4 is 0 Å². The van der Waals surface area contributed by atoms with E-state index < -0.39 is 0 Å². The number of piperidine rings is 1. The van der Waals surface area contributed by atoms with Crippen LogP contribution in [0.4, 0.5) is 0 Å². The zero-order valence-electron chi connectivity index (χ0n) is 16.5. The maximum absolute atomic E-state index is 13.0. The average molecular weight is 422 g/mol. The van der Waals surface area contributed by atoms with Crippen LogP contribution in [0.5, 0.6) is 5.75 Å². The van der Waals surface area contributed by atoms with Crippen LogP contribution in [0.3, 0.4) is 0 Å². The Morgan fingerprint density at radius 3 is 2.40 bits per heavy atom. The molecule has 0 atom stereocenters. The number of amides is 1. The maximum Gasteiger partial charge on any atom is 0.289 e. The Balaban J connectivity index is 1.35. The van der Waals surface area contributed by atoms with Crippen LogP contribution in [0, 0.1) is 5.92 Å². The van der Waals surface area contributed by atoms with Crippen molar-refractivity contribution >= 4 is 23.5 Å². The van der Waals surface area contributed by atoms with Crippen molar-refractivity contribution in [3.63, 3.8) is 0 Å². The summed E-state index contributed by atoms with van der Waals surface area (Å²) in [5.74, 6) is 1.05. The summed E-state index contributed by atoms with van der Waals surface area (Å²) in [4.78, 5) is 28.6. The molecule has 6 heteroatoms. The van der Waals surface area contributed by atoms with E-state index in [0.29, 0.717) is 43.0 Å². The molecule has 2 heterocycles. The number of aromatic hydroxyl groups is 1. The average Bonchev–Trinajstić information content (AvgIpc) is 3.27. The summed E-state index contributed by atoms with van der Waals surface area (Å²) in [6.07, 6.45) is 2.82. The summed E-state index contributed by atoms with van der Waals surface area (Å²) >= 11 is 1.67. The number of furan rings is 1. The van der Waals surface area contributed by atoms with E-state index in [2.05, 4.69) is 0 Å². The number of carbonyl (C=O) groups excluding carboxylic acids is 2. The van der Waals surface area contributed by atoms with Gasteiger partial charge in [-0.2, -0.15) is 0 Å². The Morgan fingerprint density at radius 2 is 1.70 bits per heavy atom. The number of phenols is 1. The fourth-order valence-electron chi connectivity index (χ4n) is 3.66. The standard InChI is InChI=1S/C24H23NO4S/c26-20-8-6-17(7-9-20)22(27)18-10-13-25(14-11-18)24(28)23-19(12-15-29-23)16-30-21-4-2-1-3-5-21/h1-9,12,15,18,26H,10-11,13-14,16H2. The molecule has 5 nitrogen and oxygen atoms in total. The van der Waals surface area contributed by atoms with Crippen LogP contribution in [0.1, 0.15) is 39.3 Å². The van der Waals surface area contributed by atoms with Gasteiger partial charge in [-0.1, -0.05) is 18.2 Å². The summed E-state index contributed by atoms with van der Waals surface area (Å²) in [5, 5.41) is 9.39. The molecule has 1 amide bonds. The van der Waals surface area contributed by atoms with E-state index in [-0.39, 0.29) is 23.4 Å². The summed E-state index contributed by atoms with van der Waals surface area (Å²) in [6, 6.07) is 18.3. The molecule has 1 aliphatic rings. The number of benzene rings is 2. The number of ketones is 1. The van der Waals surface area contributed by atoms with Gasteiger partial charge in [-0.25, -0.2) is 0 Å². The molecule has 2 aromatic carbocycles. The minimum Gasteiger partial charge on any atom is -0.508 e. The number of hydrogen-bond donors (Lipinski definition) is 1. The fraction of sp³-hybridized carbons (Fsp3) is 0.250. The van der Waals surface area contributed by atoms with Crippen molar-refractivity contribution < 1.29 is 19.1 Å². The van der Waals surface area contributed by atoms with Crippen molar-refractivity contribution in [3.8, 4) is 5.75 Å². The van der Waals surface area contributed by atoms with Crippen molar-refractivity contribution in [2.45, 2.75) is 23.5 Å². The molecule has 0 aliphatic carbocycles. The van der Waals surface area contributed by atoms with Gasteiger partial charge in [0.2, 0.25) is 0 Å². The van der Waals surface area contributed by atoms with E-state index in [0.717, 1.165) is 10.5 Å². The minimum absolute atomic E-state index is 0.0695. The van der Waals surface area contributed by atoms with Gasteiger partial charge in [-0.3, -0.25) is 9.59 Å². The first kappa shape index (κ1) is 20.3. The van der Waals surface area contributed by atoms with Gasteiger partial charge in [0.15, 0.2) is 11.5 Å². The van der Waals surface area contributed by atoms with Crippen LogP contribution in [-0.2, 0) is 5.75 Å². The Bertz CT molecular complexity index is 1010. The molecular formula is C24H23NO4S. The third-order valence-corrected chi connectivity index (χ3v) is 6.44. The first-order chi connectivity index (χ1) is 14.6. The Labute approximate surface area is 179 Å². The van der Waals surface area contributed by atoms with Crippen LogP contribution in [-0.4, -0.2) is 34.8 Å². The van der Waals surface area contributed by atoms with E-state index in [1.807, 2.05) is 36.4 Å². The monoisotopic (exact) mass is 421 g/mol. The molecule has 0 spiro atoms.